The molecule has 0 aliphatic heterocycles. The van der Waals surface area contributed by atoms with Crippen LogP contribution in [-0.4, -0.2) is 12.0 Å². The number of hydrogen-bond donors (Lipinski definition) is 1. The van der Waals surface area contributed by atoms with Crippen molar-refractivity contribution in [1.82, 2.24) is 4.98 Å². The predicted molar refractivity (Wildman–Crippen MR) is 70.7 cm³/mol. The molecule has 1 heterocycles. The Labute approximate surface area is 105 Å². The van der Waals surface area contributed by atoms with Crippen LogP contribution in [0.3, 0.4) is 0 Å². The van der Waals surface area contributed by atoms with E-state index in [9.17, 15) is 0 Å². The zero-order valence-electron chi connectivity index (χ0n) is 9.14. The van der Waals surface area contributed by atoms with E-state index in [1.807, 2.05) is 13.1 Å². The first-order valence-electron chi connectivity index (χ1n) is 5.12. The Hall–Kier alpha value is -0.990. The van der Waals surface area contributed by atoms with Gasteiger partial charge in [0.05, 0.1) is 15.6 Å². The first kappa shape index (κ1) is 11.5. The molecule has 2 nitrogen and oxygen atoms in total. The monoisotopic (exact) mass is 254 g/mol. The summed E-state index contributed by atoms with van der Waals surface area (Å²) in [5.41, 5.74) is 1.88. The van der Waals surface area contributed by atoms with Gasteiger partial charge in [-0.15, -0.1) is 0 Å². The second-order valence-corrected chi connectivity index (χ2v) is 4.34. The molecule has 1 N–H and O–H groups in total. The molecule has 0 spiro atoms. The molecule has 0 saturated heterocycles. The minimum atomic E-state index is 0.624. The molecule has 0 aliphatic carbocycles. The maximum Gasteiger partial charge on any atom is 0.129 e. The molecule has 0 amide bonds. The van der Waals surface area contributed by atoms with E-state index < -0.39 is 0 Å². The first-order chi connectivity index (χ1) is 7.67. The van der Waals surface area contributed by atoms with Crippen LogP contribution in [0.1, 0.15) is 12.5 Å². The van der Waals surface area contributed by atoms with Crippen LogP contribution in [0.5, 0.6) is 0 Å². The first-order valence-corrected chi connectivity index (χ1v) is 5.88. The summed E-state index contributed by atoms with van der Waals surface area (Å²) in [6.07, 6.45) is 0.905. The summed E-state index contributed by atoms with van der Waals surface area (Å²) in [6, 6.07) is 5.61. The zero-order chi connectivity index (χ0) is 11.7. The molecule has 0 radical (unpaired) electrons. The van der Waals surface area contributed by atoms with Crippen molar-refractivity contribution < 1.29 is 0 Å². The molecule has 1 aromatic heterocycles. The standard InChI is InChI=1S/C12H12Cl2N2/c1-3-7-6-8-9(13)4-5-10(14)11(8)16-12(7)15-2/h4-6H,3H2,1-2H3,(H,15,16). The highest BCUT2D eigenvalue weighted by Crippen LogP contribution is 2.31. The Morgan fingerprint density at radius 2 is 1.94 bits per heavy atom. The van der Waals surface area contributed by atoms with E-state index in [1.165, 1.54) is 0 Å². The summed E-state index contributed by atoms with van der Waals surface area (Å²) in [4.78, 5) is 4.50. The number of anilines is 1. The number of fused-ring (bicyclic) bond motifs is 1. The van der Waals surface area contributed by atoms with Crippen LogP contribution in [-0.2, 0) is 6.42 Å². The number of nitrogens with zero attached hydrogens (tertiary/aromatic N) is 1. The van der Waals surface area contributed by atoms with Gasteiger partial charge in [0, 0.05) is 12.4 Å². The Morgan fingerprint density at radius 1 is 1.25 bits per heavy atom. The summed E-state index contributed by atoms with van der Waals surface area (Å²) in [5, 5.41) is 5.29. The molecule has 0 fully saturated rings. The van der Waals surface area contributed by atoms with E-state index in [-0.39, 0.29) is 0 Å². The van der Waals surface area contributed by atoms with Crippen molar-refractivity contribution in [3.63, 3.8) is 0 Å². The van der Waals surface area contributed by atoms with E-state index >= 15 is 0 Å². The highest BCUT2D eigenvalue weighted by Gasteiger charge is 2.09. The zero-order valence-corrected chi connectivity index (χ0v) is 10.7. The molecule has 1 aromatic carbocycles. The average Bonchev–Trinajstić information content (AvgIpc) is 2.32. The van der Waals surface area contributed by atoms with Crippen molar-refractivity contribution in [3.05, 3.63) is 33.8 Å². The third kappa shape index (κ3) is 1.83. The van der Waals surface area contributed by atoms with E-state index in [2.05, 4.69) is 17.2 Å². The highest BCUT2D eigenvalue weighted by molar-refractivity contribution is 6.39. The third-order valence-electron chi connectivity index (χ3n) is 2.58. The van der Waals surface area contributed by atoms with Crippen LogP contribution in [0.4, 0.5) is 5.82 Å². The number of aryl methyl sites for hydroxylation is 1. The lowest BCUT2D eigenvalue weighted by atomic mass is 10.1. The van der Waals surface area contributed by atoms with Crippen molar-refractivity contribution in [1.29, 1.82) is 0 Å². The molecule has 0 bridgehead atoms. The van der Waals surface area contributed by atoms with Crippen molar-refractivity contribution in [3.8, 4) is 0 Å². The normalized spacial score (nSPS) is 10.8. The highest BCUT2D eigenvalue weighted by atomic mass is 35.5. The largest absolute Gasteiger partial charge is 0.373 e. The van der Waals surface area contributed by atoms with Crippen molar-refractivity contribution in [2.75, 3.05) is 12.4 Å². The number of hydrogen-bond acceptors (Lipinski definition) is 2. The molecular formula is C12H12Cl2N2. The molecular weight excluding hydrogens is 243 g/mol. The van der Waals surface area contributed by atoms with E-state index in [4.69, 9.17) is 23.2 Å². The molecule has 4 heteroatoms. The smallest absolute Gasteiger partial charge is 0.129 e. The molecule has 84 valence electrons. The second kappa shape index (κ2) is 4.48. The minimum absolute atomic E-state index is 0.624. The van der Waals surface area contributed by atoms with Gasteiger partial charge in [-0.3, -0.25) is 0 Å². The van der Waals surface area contributed by atoms with Gasteiger partial charge in [0.25, 0.3) is 0 Å². The molecule has 0 aliphatic rings. The second-order valence-electron chi connectivity index (χ2n) is 3.53. The van der Waals surface area contributed by atoms with Gasteiger partial charge in [0.15, 0.2) is 0 Å². The summed E-state index contributed by atoms with van der Waals surface area (Å²) in [6.45, 7) is 2.09. The van der Waals surface area contributed by atoms with E-state index in [0.717, 1.165) is 28.7 Å². The fourth-order valence-electron chi connectivity index (χ4n) is 1.72. The number of benzene rings is 1. The van der Waals surface area contributed by atoms with Crippen LogP contribution in [0.25, 0.3) is 10.9 Å². The summed E-state index contributed by atoms with van der Waals surface area (Å²) < 4.78 is 0. The molecule has 0 unspecified atom stereocenters. The molecule has 0 saturated carbocycles. The summed E-state index contributed by atoms with van der Waals surface area (Å²) in [5.74, 6) is 0.860. The maximum absolute atomic E-state index is 6.13. The third-order valence-corrected chi connectivity index (χ3v) is 3.21. The quantitative estimate of drug-likeness (QED) is 0.872. The molecule has 16 heavy (non-hydrogen) atoms. The molecule has 2 aromatic rings. The summed E-state index contributed by atoms with van der Waals surface area (Å²) >= 11 is 12.2. The average molecular weight is 255 g/mol. The lowest BCUT2D eigenvalue weighted by Gasteiger charge is -2.10. The van der Waals surface area contributed by atoms with E-state index in [1.54, 1.807) is 12.1 Å². The van der Waals surface area contributed by atoms with Crippen LogP contribution in [0.15, 0.2) is 18.2 Å². The minimum Gasteiger partial charge on any atom is -0.373 e. The van der Waals surface area contributed by atoms with Crippen LogP contribution < -0.4 is 5.32 Å². The summed E-state index contributed by atoms with van der Waals surface area (Å²) in [7, 11) is 1.85. The van der Waals surface area contributed by atoms with Gasteiger partial charge in [-0.1, -0.05) is 30.1 Å². The SMILES string of the molecule is CCc1cc2c(Cl)ccc(Cl)c2nc1NC. The van der Waals surface area contributed by atoms with Crippen LogP contribution in [0, 0.1) is 0 Å². The molecule has 0 atom stereocenters. The lowest BCUT2D eigenvalue weighted by molar-refractivity contribution is 1.12. The van der Waals surface area contributed by atoms with Crippen molar-refractivity contribution in [2.45, 2.75) is 13.3 Å². The van der Waals surface area contributed by atoms with Gasteiger partial charge in [-0.2, -0.15) is 0 Å². The van der Waals surface area contributed by atoms with Gasteiger partial charge in [0.2, 0.25) is 0 Å². The Bertz CT molecular complexity index is 490. The molecule has 2 rings (SSSR count). The van der Waals surface area contributed by atoms with Gasteiger partial charge in [0.1, 0.15) is 5.82 Å². The fraction of sp³-hybridized carbons (Fsp3) is 0.250. The lowest BCUT2D eigenvalue weighted by Crippen LogP contribution is -1.98. The Balaban J connectivity index is 2.82. The number of halogens is 2. The fourth-order valence-corrected chi connectivity index (χ4v) is 2.13. The maximum atomic E-state index is 6.13. The van der Waals surface area contributed by atoms with Crippen LogP contribution >= 0.6 is 23.2 Å². The Morgan fingerprint density at radius 3 is 2.56 bits per heavy atom. The topological polar surface area (TPSA) is 24.9 Å². The van der Waals surface area contributed by atoms with Crippen molar-refractivity contribution >= 4 is 39.9 Å². The predicted octanol–water partition coefficient (Wildman–Crippen LogP) is 4.15. The number of rotatable bonds is 2. The van der Waals surface area contributed by atoms with Crippen molar-refractivity contribution in [2.24, 2.45) is 0 Å². The Kier molecular flexibility index (Phi) is 3.22. The van der Waals surface area contributed by atoms with Gasteiger partial charge >= 0.3 is 0 Å². The number of aromatic nitrogens is 1. The number of nitrogens with one attached hydrogen (secondary N) is 1. The van der Waals surface area contributed by atoms with Gasteiger partial charge in [-0.05, 0) is 30.2 Å². The van der Waals surface area contributed by atoms with E-state index in [0.29, 0.717) is 10.0 Å². The van der Waals surface area contributed by atoms with Crippen LogP contribution in [0.2, 0.25) is 10.0 Å². The van der Waals surface area contributed by atoms with Gasteiger partial charge < -0.3 is 5.32 Å². The number of pyridine rings is 1. The van der Waals surface area contributed by atoms with Gasteiger partial charge in [-0.25, -0.2) is 4.98 Å².